The van der Waals surface area contributed by atoms with Crippen LogP contribution in [0.4, 0.5) is 4.39 Å². The van der Waals surface area contributed by atoms with Crippen molar-refractivity contribution in [2.45, 2.75) is 13.8 Å². The van der Waals surface area contributed by atoms with Crippen LogP contribution in [-0.4, -0.2) is 9.97 Å². The topological polar surface area (TPSA) is 25.8 Å². The number of halogens is 1. The van der Waals surface area contributed by atoms with Gasteiger partial charge in [0, 0.05) is 11.3 Å². The zero-order valence-electron chi connectivity index (χ0n) is 7.50. The second-order valence-corrected chi connectivity index (χ2v) is 3.05. The summed E-state index contributed by atoms with van der Waals surface area (Å²) >= 11 is 0. The van der Waals surface area contributed by atoms with Crippen LogP contribution in [0.1, 0.15) is 11.3 Å². The summed E-state index contributed by atoms with van der Waals surface area (Å²) in [6, 6.07) is 3.72. The zero-order valence-corrected chi connectivity index (χ0v) is 7.50. The molecule has 0 unspecified atom stereocenters. The lowest BCUT2D eigenvalue weighted by Crippen LogP contribution is -1.92. The molecule has 0 fully saturated rings. The van der Waals surface area contributed by atoms with E-state index in [0.29, 0.717) is 11.1 Å². The van der Waals surface area contributed by atoms with Gasteiger partial charge >= 0.3 is 0 Å². The Bertz CT molecular complexity index is 460. The minimum Gasteiger partial charge on any atom is -0.252 e. The van der Waals surface area contributed by atoms with Crippen molar-refractivity contribution in [3.8, 4) is 0 Å². The number of nitrogens with zero attached hydrogens (tertiary/aromatic N) is 2. The highest BCUT2D eigenvalue weighted by Crippen LogP contribution is 2.16. The van der Waals surface area contributed by atoms with Gasteiger partial charge in [-0.3, -0.25) is 9.97 Å². The number of aryl methyl sites for hydroxylation is 2. The maximum absolute atomic E-state index is 13.1. The van der Waals surface area contributed by atoms with Gasteiger partial charge in [-0.2, -0.15) is 0 Å². The Hall–Kier alpha value is -1.51. The molecule has 0 radical (unpaired) electrons. The molecule has 0 N–H and O–H groups in total. The van der Waals surface area contributed by atoms with E-state index in [1.54, 1.807) is 6.92 Å². The van der Waals surface area contributed by atoms with E-state index < -0.39 is 0 Å². The molecule has 2 heterocycles. The first-order valence-corrected chi connectivity index (χ1v) is 4.07. The van der Waals surface area contributed by atoms with Gasteiger partial charge < -0.3 is 0 Å². The average molecular weight is 176 g/mol. The Kier molecular flexibility index (Phi) is 1.72. The summed E-state index contributed by atoms with van der Waals surface area (Å²) in [4.78, 5) is 8.18. The summed E-state index contributed by atoms with van der Waals surface area (Å²) < 4.78 is 13.1. The van der Waals surface area contributed by atoms with Gasteiger partial charge in [-0.1, -0.05) is 0 Å². The lowest BCUT2D eigenvalue weighted by molar-refractivity contribution is 0.615. The summed E-state index contributed by atoms with van der Waals surface area (Å²) in [5.74, 6) is -0.300. The Balaban J connectivity index is 2.89. The van der Waals surface area contributed by atoms with Crippen LogP contribution in [0.5, 0.6) is 0 Å². The van der Waals surface area contributed by atoms with E-state index in [0.717, 1.165) is 11.2 Å². The lowest BCUT2D eigenvalue weighted by Gasteiger charge is -2.01. The highest BCUT2D eigenvalue weighted by Gasteiger charge is 2.04. The number of fused-ring (bicyclic) bond motifs is 1. The van der Waals surface area contributed by atoms with E-state index in [9.17, 15) is 4.39 Å². The summed E-state index contributed by atoms with van der Waals surface area (Å²) in [7, 11) is 0. The normalized spacial score (nSPS) is 10.7. The minimum absolute atomic E-state index is 0.300. The Labute approximate surface area is 75.4 Å². The molecule has 0 spiro atoms. The SMILES string of the molecule is Cc1ccc2ncc(F)c(C)c2n1. The van der Waals surface area contributed by atoms with Crippen LogP contribution in [0.2, 0.25) is 0 Å². The Morgan fingerprint density at radius 2 is 2.00 bits per heavy atom. The number of hydrogen-bond donors (Lipinski definition) is 0. The van der Waals surface area contributed by atoms with Crippen molar-refractivity contribution in [3.63, 3.8) is 0 Å². The van der Waals surface area contributed by atoms with Gasteiger partial charge in [-0.15, -0.1) is 0 Å². The standard InChI is InChI=1S/C10H9FN2/c1-6-3-4-9-10(13-6)7(2)8(11)5-12-9/h3-5H,1-2H3. The van der Waals surface area contributed by atoms with Gasteiger partial charge in [0.1, 0.15) is 5.82 Å². The number of aromatic nitrogens is 2. The molecule has 2 aromatic rings. The van der Waals surface area contributed by atoms with Crippen LogP contribution in [0.25, 0.3) is 11.0 Å². The smallest absolute Gasteiger partial charge is 0.146 e. The quantitative estimate of drug-likeness (QED) is 0.616. The van der Waals surface area contributed by atoms with Crippen molar-refractivity contribution in [1.82, 2.24) is 9.97 Å². The van der Waals surface area contributed by atoms with Gasteiger partial charge in [0.25, 0.3) is 0 Å². The monoisotopic (exact) mass is 176 g/mol. The molecule has 0 bridgehead atoms. The summed E-state index contributed by atoms with van der Waals surface area (Å²) in [6.07, 6.45) is 1.23. The Morgan fingerprint density at radius 1 is 1.23 bits per heavy atom. The summed E-state index contributed by atoms with van der Waals surface area (Å²) in [5.41, 5.74) is 2.83. The van der Waals surface area contributed by atoms with E-state index in [1.807, 2.05) is 19.1 Å². The highest BCUT2D eigenvalue weighted by atomic mass is 19.1. The van der Waals surface area contributed by atoms with Gasteiger partial charge in [0.2, 0.25) is 0 Å². The maximum atomic E-state index is 13.1. The first-order valence-electron chi connectivity index (χ1n) is 4.07. The van der Waals surface area contributed by atoms with Crippen LogP contribution in [-0.2, 0) is 0 Å². The molecular formula is C10H9FN2. The molecule has 0 aliphatic carbocycles. The van der Waals surface area contributed by atoms with Crippen LogP contribution < -0.4 is 0 Å². The predicted molar refractivity (Wildman–Crippen MR) is 49.0 cm³/mol. The van der Waals surface area contributed by atoms with Gasteiger partial charge in [0.05, 0.1) is 17.2 Å². The molecule has 0 saturated carbocycles. The van der Waals surface area contributed by atoms with E-state index in [2.05, 4.69) is 9.97 Å². The van der Waals surface area contributed by atoms with Crippen LogP contribution in [0, 0.1) is 19.7 Å². The maximum Gasteiger partial charge on any atom is 0.146 e. The predicted octanol–water partition coefficient (Wildman–Crippen LogP) is 2.39. The van der Waals surface area contributed by atoms with E-state index >= 15 is 0 Å². The fourth-order valence-corrected chi connectivity index (χ4v) is 1.27. The molecule has 13 heavy (non-hydrogen) atoms. The highest BCUT2D eigenvalue weighted by molar-refractivity contribution is 5.77. The number of rotatable bonds is 0. The first kappa shape index (κ1) is 8.10. The molecule has 2 nitrogen and oxygen atoms in total. The number of hydrogen-bond acceptors (Lipinski definition) is 2. The van der Waals surface area contributed by atoms with Crippen LogP contribution in [0.3, 0.4) is 0 Å². The van der Waals surface area contributed by atoms with Crippen molar-refractivity contribution < 1.29 is 4.39 Å². The fourth-order valence-electron chi connectivity index (χ4n) is 1.27. The second-order valence-electron chi connectivity index (χ2n) is 3.05. The third-order valence-electron chi connectivity index (χ3n) is 2.04. The molecule has 66 valence electrons. The molecule has 0 aliphatic rings. The summed E-state index contributed by atoms with van der Waals surface area (Å²) in [6.45, 7) is 3.59. The van der Waals surface area contributed by atoms with Gasteiger partial charge in [0.15, 0.2) is 0 Å². The molecular weight excluding hydrogens is 167 g/mol. The molecule has 0 aliphatic heterocycles. The third kappa shape index (κ3) is 1.26. The number of pyridine rings is 2. The molecule has 0 saturated heterocycles. The average Bonchev–Trinajstić information content (AvgIpc) is 2.12. The first-order chi connectivity index (χ1) is 6.18. The minimum atomic E-state index is -0.300. The molecule has 2 aromatic heterocycles. The van der Waals surface area contributed by atoms with Crippen molar-refractivity contribution in [3.05, 3.63) is 35.4 Å². The Morgan fingerprint density at radius 3 is 2.77 bits per heavy atom. The van der Waals surface area contributed by atoms with Crippen molar-refractivity contribution in [1.29, 1.82) is 0 Å². The van der Waals surface area contributed by atoms with E-state index in [1.165, 1.54) is 6.20 Å². The molecule has 0 atom stereocenters. The van der Waals surface area contributed by atoms with Crippen LogP contribution >= 0.6 is 0 Å². The van der Waals surface area contributed by atoms with E-state index in [4.69, 9.17) is 0 Å². The molecule has 0 aromatic carbocycles. The molecule has 3 heteroatoms. The summed E-state index contributed by atoms with van der Waals surface area (Å²) in [5, 5.41) is 0. The van der Waals surface area contributed by atoms with E-state index in [-0.39, 0.29) is 5.82 Å². The fraction of sp³-hybridized carbons (Fsp3) is 0.200. The van der Waals surface area contributed by atoms with Crippen molar-refractivity contribution in [2.24, 2.45) is 0 Å². The lowest BCUT2D eigenvalue weighted by atomic mass is 10.2. The van der Waals surface area contributed by atoms with Crippen molar-refractivity contribution in [2.75, 3.05) is 0 Å². The van der Waals surface area contributed by atoms with Gasteiger partial charge in [-0.05, 0) is 26.0 Å². The largest absolute Gasteiger partial charge is 0.252 e. The molecule has 0 amide bonds. The zero-order chi connectivity index (χ0) is 9.42. The molecule has 2 rings (SSSR count). The van der Waals surface area contributed by atoms with Crippen LogP contribution in [0.15, 0.2) is 18.3 Å². The van der Waals surface area contributed by atoms with Crippen molar-refractivity contribution >= 4 is 11.0 Å². The van der Waals surface area contributed by atoms with Gasteiger partial charge in [-0.25, -0.2) is 4.39 Å². The second kappa shape index (κ2) is 2.76. The third-order valence-corrected chi connectivity index (χ3v) is 2.04.